The van der Waals surface area contributed by atoms with E-state index in [1.54, 1.807) is 11.3 Å². The smallest absolute Gasteiger partial charge is 0.223 e. The predicted molar refractivity (Wildman–Crippen MR) is 66.7 cm³/mol. The number of carbonyl (C=O) groups excluding carboxylic acids is 1. The van der Waals surface area contributed by atoms with Crippen LogP contribution in [0.2, 0.25) is 0 Å². The Morgan fingerprint density at radius 3 is 2.82 bits per heavy atom. The Bertz CT molecular complexity index is 441. The number of aromatic nitrogens is 1. The summed E-state index contributed by atoms with van der Waals surface area (Å²) in [6.45, 7) is 1.98. The number of nitrogens with zero attached hydrogens (tertiary/aromatic N) is 2. The van der Waals surface area contributed by atoms with Crippen molar-refractivity contribution in [2.75, 3.05) is 0 Å². The Hall–Kier alpha value is -0.940. The van der Waals surface area contributed by atoms with Gasteiger partial charge in [-0.05, 0) is 26.2 Å². The summed E-state index contributed by atoms with van der Waals surface area (Å²) in [5.41, 5.74) is 7.23. The van der Waals surface area contributed by atoms with Crippen LogP contribution in [0.1, 0.15) is 42.4 Å². The lowest BCUT2D eigenvalue weighted by molar-refractivity contribution is -0.138. The summed E-state index contributed by atoms with van der Waals surface area (Å²) in [4.78, 5) is 18.6. The van der Waals surface area contributed by atoms with E-state index in [0.29, 0.717) is 12.5 Å². The topological polar surface area (TPSA) is 59.2 Å². The lowest BCUT2D eigenvalue weighted by atomic mass is 9.96. The van der Waals surface area contributed by atoms with Crippen molar-refractivity contribution in [1.82, 2.24) is 9.88 Å². The summed E-state index contributed by atoms with van der Waals surface area (Å²) in [5.74, 6) is 0.257. The Kier molecular flexibility index (Phi) is 2.67. The third-order valence-corrected chi connectivity index (χ3v) is 4.55. The molecule has 4 nitrogen and oxygen atoms in total. The van der Waals surface area contributed by atoms with Crippen LogP contribution in [-0.4, -0.2) is 27.9 Å². The van der Waals surface area contributed by atoms with Crippen LogP contribution in [0.4, 0.5) is 0 Å². The molecule has 0 radical (unpaired) electrons. The van der Waals surface area contributed by atoms with E-state index in [1.807, 2.05) is 17.2 Å². The highest BCUT2D eigenvalue weighted by Gasteiger charge is 2.44. The highest BCUT2D eigenvalue weighted by molar-refractivity contribution is 7.09. The van der Waals surface area contributed by atoms with Crippen LogP contribution in [-0.2, 0) is 4.79 Å². The fourth-order valence-electron chi connectivity index (χ4n) is 2.53. The molecule has 0 spiro atoms. The maximum atomic E-state index is 12.1. The summed E-state index contributed by atoms with van der Waals surface area (Å²) in [6.07, 6.45) is 3.63. The fraction of sp³-hybridized carbons (Fsp3) is 0.667. The minimum Gasteiger partial charge on any atom is -0.329 e. The first-order chi connectivity index (χ1) is 8.16. The monoisotopic (exact) mass is 251 g/mol. The molecule has 1 saturated heterocycles. The fourth-order valence-corrected chi connectivity index (χ4v) is 3.50. The number of piperidine rings is 1. The number of likely N-dealkylation sites (tertiary alicyclic amines) is 1. The second kappa shape index (κ2) is 4.07. The predicted octanol–water partition coefficient (Wildman–Crippen LogP) is 1.60. The molecule has 5 heteroatoms. The molecule has 17 heavy (non-hydrogen) atoms. The number of carbonyl (C=O) groups is 1. The van der Waals surface area contributed by atoms with Crippen LogP contribution in [0.15, 0.2) is 5.38 Å². The molecule has 0 aromatic carbocycles. The van der Waals surface area contributed by atoms with Crippen LogP contribution in [0.25, 0.3) is 0 Å². The van der Waals surface area contributed by atoms with Crippen molar-refractivity contribution >= 4 is 17.2 Å². The minimum atomic E-state index is 0.0162. The Morgan fingerprint density at radius 1 is 1.47 bits per heavy atom. The average Bonchev–Trinajstić information content (AvgIpc) is 3.04. The molecule has 0 bridgehead atoms. The number of aryl methyl sites for hydroxylation is 1. The molecule has 2 fully saturated rings. The van der Waals surface area contributed by atoms with Gasteiger partial charge in [-0.2, -0.15) is 0 Å². The molecule has 2 unspecified atom stereocenters. The van der Waals surface area contributed by atoms with Crippen molar-refractivity contribution in [3.05, 3.63) is 16.1 Å². The van der Waals surface area contributed by atoms with Gasteiger partial charge in [0.25, 0.3) is 0 Å². The molecular weight excluding hydrogens is 234 g/mol. The van der Waals surface area contributed by atoms with Gasteiger partial charge in [0.15, 0.2) is 0 Å². The van der Waals surface area contributed by atoms with Gasteiger partial charge in [0.2, 0.25) is 5.91 Å². The van der Waals surface area contributed by atoms with Crippen molar-refractivity contribution < 1.29 is 4.79 Å². The number of rotatable bonds is 2. The summed E-state index contributed by atoms with van der Waals surface area (Å²) in [6, 6.07) is 0.476. The van der Waals surface area contributed by atoms with Gasteiger partial charge in [-0.1, -0.05) is 0 Å². The number of nitrogens with two attached hydrogens (primary N) is 1. The van der Waals surface area contributed by atoms with E-state index in [-0.39, 0.29) is 18.0 Å². The lowest BCUT2D eigenvalue weighted by Crippen LogP contribution is -2.49. The first-order valence-corrected chi connectivity index (χ1v) is 7.03. The van der Waals surface area contributed by atoms with E-state index in [9.17, 15) is 4.79 Å². The van der Waals surface area contributed by atoms with E-state index in [0.717, 1.165) is 30.0 Å². The molecule has 1 saturated carbocycles. The summed E-state index contributed by atoms with van der Waals surface area (Å²) >= 11 is 1.63. The second-order valence-electron chi connectivity index (χ2n) is 5.01. The molecule has 1 aromatic rings. The molecule has 1 aliphatic carbocycles. The summed E-state index contributed by atoms with van der Waals surface area (Å²) in [7, 11) is 0. The minimum absolute atomic E-state index is 0.0162. The molecule has 1 aromatic heterocycles. The van der Waals surface area contributed by atoms with Crippen molar-refractivity contribution in [2.45, 2.75) is 50.7 Å². The van der Waals surface area contributed by atoms with Crippen LogP contribution in [0.5, 0.6) is 0 Å². The van der Waals surface area contributed by atoms with Gasteiger partial charge in [0.05, 0.1) is 6.04 Å². The second-order valence-corrected chi connectivity index (χ2v) is 5.90. The average molecular weight is 251 g/mol. The number of hydrogen-bond donors (Lipinski definition) is 1. The van der Waals surface area contributed by atoms with Crippen LogP contribution in [0, 0.1) is 6.92 Å². The Morgan fingerprint density at radius 2 is 2.24 bits per heavy atom. The maximum Gasteiger partial charge on any atom is 0.223 e. The van der Waals surface area contributed by atoms with E-state index in [4.69, 9.17) is 5.73 Å². The quantitative estimate of drug-likeness (QED) is 0.868. The lowest BCUT2D eigenvalue weighted by Gasteiger charge is -2.38. The molecule has 1 amide bonds. The van der Waals surface area contributed by atoms with Gasteiger partial charge >= 0.3 is 0 Å². The van der Waals surface area contributed by atoms with Crippen molar-refractivity contribution in [3.8, 4) is 0 Å². The van der Waals surface area contributed by atoms with E-state index >= 15 is 0 Å². The van der Waals surface area contributed by atoms with Gasteiger partial charge in [-0.3, -0.25) is 4.79 Å². The third kappa shape index (κ3) is 1.98. The molecule has 2 aliphatic rings. The number of hydrogen-bond acceptors (Lipinski definition) is 4. The normalized spacial score (nSPS) is 29.8. The molecule has 2 N–H and O–H groups in total. The van der Waals surface area contributed by atoms with Crippen molar-refractivity contribution in [1.29, 1.82) is 0 Å². The zero-order chi connectivity index (χ0) is 12.0. The Balaban J connectivity index is 1.94. The molecule has 2 heterocycles. The Labute approximate surface area is 105 Å². The SMILES string of the molecule is Cc1csc(C2C(N)CCC(=O)N2C2CC2)n1. The van der Waals surface area contributed by atoms with Gasteiger partial charge in [0, 0.05) is 29.6 Å². The first-order valence-electron chi connectivity index (χ1n) is 6.15. The largest absolute Gasteiger partial charge is 0.329 e. The van der Waals surface area contributed by atoms with Gasteiger partial charge < -0.3 is 10.6 Å². The first kappa shape index (κ1) is 11.2. The standard InChI is InChI=1S/C12H17N3OS/c1-7-6-17-12(14-7)11-9(13)4-5-10(16)15(11)8-2-3-8/h6,8-9,11H,2-5,13H2,1H3. The van der Waals surface area contributed by atoms with Gasteiger partial charge in [0.1, 0.15) is 5.01 Å². The van der Waals surface area contributed by atoms with E-state index in [2.05, 4.69) is 4.98 Å². The molecule has 1 aliphatic heterocycles. The van der Waals surface area contributed by atoms with Crippen LogP contribution in [0.3, 0.4) is 0 Å². The maximum absolute atomic E-state index is 12.1. The molecule has 3 rings (SSSR count). The van der Waals surface area contributed by atoms with Gasteiger partial charge in [-0.25, -0.2) is 4.98 Å². The molecule has 2 atom stereocenters. The zero-order valence-electron chi connectivity index (χ0n) is 9.93. The highest BCUT2D eigenvalue weighted by atomic mass is 32.1. The van der Waals surface area contributed by atoms with Crippen LogP contribution >= 0.6 is 11.3 Å². The summed E-state index contributed by atoms with van der Waals surface area (Å²) < 4.78 is 0. The zero-order valence-corrected chi connectivity index (χ0v) is 10.7. The third-order valence-electron chi connectivity index (χ3n) is 3.51. The molecular formula is C12H17N3OS. The van der Waals surface area contributed by atoms with E-state index < -0.39 is 0 Å². The van der Waals surface area contributed by atoms with Crippen molar-refractivity contribution in [3.63, 3.8) is 0 Å². The number of thiazole rings is 1. The number of amides is 1. The van der Waals surface area contributed by atoms with Gasteiger partial charge in [-0.15, -0.1) is 11.3 Å². The van der Waals surface area contributed by atoms with E-state index in [1.165, 1.54) is 0 Å². The highest BCUT2D eigenvalue weighted by Crippen LogP contribution is 2.40. The summed E-state index contributed by atoms with van der Waals surface area (Å²) in [5, 5.41) is 3.04. The molecule has 92 valence electrons. The van der Waals surface area contributed by atoms with Crippen LogP contribution < -0.4 is 5.73 Å². The van der Waals surface area contributed by atoms with Crippen molar-refractivity contribution in [2.24, 2.45) is 5.73 Å².